The molecule has 9 nitrogen and oxygen atoms in total. The van der Waals surface area contributed by atoms with Crippen molar-refractivity contribution in [2.24, 2.45) is 0 Å². The van der Waals surface area contributed by atoms with Crippen molar-refractivity contribution >= 4 is 11.6 Å². The lowest BCUT2D eigenvalue weighted by Gasteiger charge is -2.22. The van der Waals surface area contributed by atoms with Crippen molar-refractivity contribution in [1.29, 1.82) is 0 Å². The number of aryl methyl sites for hydroxylation is 1. The fourth-order valence-corrected chi connectivity index (χ4v) is 4.02. The van der Waals surface area contributed by atoms with Gasteiger partial charge in [0.15, 0.2) is 5.69 Å². The number of non-ortho nitro benzene ring substituents is 1. The van der Waals surface area contributed by atoms with Gasteiger partial charge in [-0.05, 0) is 37.5 Å². The van der Waals surface area contributed by atoms with Crippen LogP contribution < -0.4 is 0 Å². The monoisotopic (exact) mass is 434 g/mol. The molecule has 2 aromatic carbocycles. The van der Waals surface area contributed by atoms with Gasteiger partial charge in [-0.15, -0.1) is 5.10 Å². The Hall–Kier alpha value is -3.59. The number of amides is 1. The van der Waals surface area contributed by atoms with Crippen molar-refractivity contribution in [3.8, 4) is 5.69 Å². The van der Waals surface area contributed by atoms with Crippen LogP contribution in [0.1, 0.15) is 33.7 Å². The molecular weight excluding hydrogens is 408 g/mol. The fraction of sp³-hybridized carbons (Fsp3) is 0.348. The molecule has 1 aliphatic heterocycles. The highest BCUT2D eigenvalue weighted by Crippen LogP contribution is 2.20. The summed E-state index contributed by atoms with van der Waals surface area (Å²) in [5, 5.41) is 19.3. The van der Waals surface area contributed by atoms with Gasteiger partial charge in [-0.25, -0.2) is 4.68 Å². The number of nitro groups is 1. The standard InChI is InChI=1S/C23H26N6O3/c1-17-7-3-4-8-19(17)16-26-11-6-12-27(14-13-26)23(30)22-18(2)28(25-24-22)20-9-5-10-21(15-20)29(31)32/h3-5,7-10,15H,6,11-14,16H2,1-2H3. The van der Waals surface area contributed by atoms with Crippen LogP contribution in [0.4, 0.5) is 5.69 Å². The maximum atomic E-state index is 13.2. The molecule has 0 bridgehead atoms. The number of carbonyl (C=O) groups excluding carboxylic acids is 1. The van der Waals surface area contributed by atoms with Crippen LogP contribution in [-0.2, 0) is 6.54 Å². The zero-order valence-corrected chi connectivity index (χ0v) is 18.3. The zero-order chi connectivity index (χ0) is 22.7. The Kier molecular flexibility index (Phi) is 6.27. The number of hydrogen-bond acceptors (Lipinski definition) is 6. The molecule has 166 valence electrons. The van der Waals surface area contributed by atoms with Gasteiger partial charge < -0.3 is 4.90 Å². The Bertz CT molecular complexity index is 1140. The highest BCUT2D eigenvalue weighted by Gasteiger charge is 2.25. The van der Waals surface area contributed by atoms with E-state index in [0.29, 0.717) is 24.5 Å². The van der Waals surface area contributed by atoms with Gasteiger partial charge >= 0.3 is 0 Å². The molecule has 0 aliphatic carbocycles. The number of aromatic nitrogens is 3. The molecule has 0 spiro atoms. The van der Waals surface area contributed by atoms with E-state index in [-0.39, 0.29) is 17.3 Å². The first-order chi connectivity index (χ1) is 15.4. The summed E-state index contributed by atoms with van der Waals surface area (Å²) in [6.07, 6.45) is 0.885. The minimum absolute atomic E-state index is 0.0356. The second-order valence-electron chi connectivity index (χ2n) is 8.06. The van der Waals surface area contributed by atoms with Gasteiger partial charge in [-0.2, -0.15) is 0 Å². The molecule has 4 rings (SSSR count). The van der Waals surface area contributed by atoms with Crippen molar-refractivity contribution in [3.05, 3.63) is 81.2 Å². The summed E-state index contributed by atoms with van der Waals surface area (Å²) in [7, 11) is 0. The van der Waals surface area contributed by atoms with Gasteiger partial charge in [-0.3, -0.25) is 19.8 Å². The molecular formula is C23H26N6O3. The normalized spacial score (nSPS) is 14.9. The molecule has 1 amide bonds. The number of nitrogens with zero attached hydrogens (tertiary/aromatic N) is 6. The van der Waals surface area contributed by atoms with Crippen LogP contribution in [0, 0.1) is 24.0 Å². The maximum absolute atomic E-state index is 13.2. The molecule has 32 heavy (non-hydrogen) atoms. The van der Waals surface area contributed by atoms with Crippen LogP contribution in [0.25, 0.3) is 5.69 Å². The van der Waals surface area contributed by atoms with E-state index >= 15 is 0 Å². The minimum Gasteiger partial charge on any atom is -0.336 e. The minimum atomic E-state index is -0.457. The predicted octanol–water partition coefficient (Wildman–Crippen LogP) is 3.14. The lowest BCUT2D eigenvalue weighted by Crippen LogP contribution is -2.35. The molecule has 0 unspecified atom stereocenters. The van der Waals surface area contributed by atoms with E-state index in [0.717, 1.165) is 26.1 Å². The van der Waals surface area contributed by atoms with Crippen LogP contribution in [-0.4, -0.2) is 61.8 Å². The van der Waals surface area contributed by atoms with Crippen molar-refractivity contribution < 1.29 is 9.72 Å². The first kappa shape index (κ1) is 21.6. The van der Waals surface area contributed by atoms with Gasteiger partial charge in [0.2, 0.25) is 0 Å². The molecule has 1 saturated heterocycles. The lowest BCUT2D eigenvalue weighted by molar-refractivity contribution is -0.384. The fourth-order valence-electron chi connectivity index (χ4n) is 4.02. The predicted molar refractivity (Wildman–Crippen MR) is 120 cm³/mol. The second kappa shape index (κ2) is 9.27. The average Bonchev–Trinajstić information content (AvgIpc) is 3.02. The Morgan fingerprint density at radius 3 is 2.66 bits per heavy atom. The van der Waals surface area contributed by atoms with Gasteiger partial charge in [-0.1, -0.05) is 35.5 Å². The third-order valence-electron chi connectivity index (χ3n) is 5.91. The van der Waals surface area contributed by atoms with E-state index in [1.54, 1.807) is 19.1 Å². The molecule has 0 saturated carbocycles. The zero-order valence-electron chi connectivity index (χ0n) is 18.3. The van der Waals surface area contributed by atoms with Gasteiger partial charge in [0.05, 0.1) is 16.3 Å². The van der Waals surface area contributed by atoms with E-state index < -0.39 is 4.92 Å². The molecule has 0 atom stereocenters. The van der Waals surface area contributed by atoms with Gasteiger partial charge in [0.25, 0.3) is 11.6 Å². The van der Waals surface area contributed by atoms with Crippen LogP contribution in [0.2, 0.25) is 0 Å². The summed E-state index contributed by atoms with van der Waals surface area (Å²) in [4.78, 5) is 28.0. The summed E-state index contributed by atoms with van der Waals surface area (Å²) < 4.78 is 1.47. The lowest BCUT2D eigenvalue weighted by atomic mass is 10.1. The van der Waals surface area contributed by atoms with Gasteiger partial charge in [0, 0.05) is 44.9 Å². The number of carbonyl (C=O) groups is 1. The van der Waals surface area contributed by atoms with E-state index in [1.165, 1.54) is 27.9 Å². The first-order valence-electron chi connectivity index (χ1n) is 10.7. The Morgan fingerprint density at radius 2 is 1.88 bits per heavy atom. The summed E-state index contributed by atoms with van der Waals surface area (Å²) in [6.45, 7) is 7.75. The molecule has 1 aromatic heterocycles. The largest absolute Gasteiger partial charge is 0.336 e. The Balaban J connectivity index is 1.46. The SMILES string of the molecule is Cc1ccccc1CN1CCCN(C(=O)c2nnn(-c3cccc([N+](=O)[O-])c3)c2C)CC1. The number of benzene rings is 2. The molecule has 2 heterocycles. The van der Waals surface area contributed by atoms with E-state index in [2.05, 4.69) is 40.3 Å². The first-order valence-corrected chi connectivity index (χ1v) is 10.7. The molecule has 9 heteroatoms. The van der Waals surface area contributed by atoms with Crippen molar-refractivity contribution in [3.63, 3.8) is 0 Å². The molecule has 0 radical (unpaired) electrons. The topological polar surface area (TPSA) is 97.4 Å². The summed E-state index contributed by atoms with van der Waals surface area (Å²) in [6, 6.07) is 14.5. The smallest absolute Gasteiger partial charge is 0.276 e. The van der Waals surface area contributed by atoms with Crippen molar-refractivity contribution in [2.45, 2.75) is 26.8 Å². The Morgan fingerprint density at radius 1 is 1.06 bits per heavy atom. The van der Waals surface area contributed by atoms with E-state index in [1.807, 2.05) is 11.0 Å². The third-order valence-corrected chi connectivity index (χ3v) is 5.91. The van der Waals surface area contributed by atoms with Gasteiger partial charge in [0.1, 0.15) is 0 Å². The quantitative estimate of drug-likeness (QED) is 0.452. The highest BCUT2D eigenvalue weighted by molar-refractivity contribution is 5.93. The Labute approximate surface area is 186 Å². The van der Waals surface area contributed by atoms with E-state index in [4.69, 9.17) is 0 Å². The number of hydrogen-bond donors (Lipinski definition) is 0. The van der Waals surface area contributed by atoms with Crippen molar-refractivity contribution in [1.82, 2.24) is 24.8 Å². The molecule has 3 aromatic rings. The average molecular weight is 435 g/mol. The molecule has 1 fully saturated rings. The maximum Gasteiger partial charge on any atom is 0.276 e. The third kappa shape index (κ3) is 4.52. The number of rotatable bonds is 5. The summed E-state index contributed by atoms with van der Waals surface area (Å²) in [5.41, 5.74) is 3.90. The van der Waals surface area contributed by atoms with E-state index in [9.17, 15) is 14.9 Å². The van der Waals surface area contributed by atoms with Crippen LogP contribution in [0.5, 0.6) is 0 Å². The highest BCUT2D eigenvalue weighted by atomic mass is 16.6. The molecule has 1 aliphatic rings. The second-order valence-corrected chi connectivity index (χ2v) is 8.06. The summed E-state index contributed by atoms with van der Waals surface area (Å²) >= 11 is 0. The summed E-state index contributed by atoms with van der Waals surface area (Å²) in [5.74, 6) is -0.156. The van der Waals surface area contributed by atoms with Crippen LogP contribution in [0.3, 0.4) is 0 Å². The van der Waals surface area contributed by atoms with Crippen LogP contribution >= 0.6 is 0 Å². The van der Waals surface area contributed by atoms with Crippen LogP contribution in [0.15, 0.2) is 48.5 Å². The number of nitro benzene ring substituents is 1. The molecule has 0 N–H and O–H groups in total. The van der Waals surface area contributed by atoms with Crippen molar-refractivity contribution in [2.75, 3.05) is 26.2 Å².